The van der Waals surface area contributed by atoms with Crippen LogP contribution in [0.3, 0.4) is 0 Å². The van der Waals surface area contributed by atoms with E-state index in [4.69, 9.17) is 4.74 Å². The molecule has 0 unspecified atom stereocenters. The zero-order chi connectivity index (χ0) is 23.3. The van der Waals surface area contributed by atoms with Gasteiger partial charge in [-0.25, -0.2) is 17.8 Å². The lowest BCUT2D eigenvalue weighted by molar-refractivity contribution is 0.277. The van der Waals surface area contributed by atoms with Crippen molar-refractivity contribution in [3.05, 3.63) is 66.7 Å². The summed E-state index contributed by atoms with van der Waals surface area (Å²) in [4.78, 5) is -0.0249. The second-order valence-corrected chi connectivity index (χ2v) is 8.58. The molecular weight excluding hydrogens is 432 g/mol. The fraction of sp³-hybridized carbons (Fsp3) is 0.190. The summed E-state index contributed by atoms with van der Waals surface area (Å²) in [6.07, 6.45) is 1.36. The van der Waals surface area contributed by atoms with E-state index in [2.05, 4.69) is 31.9 Å². The van der Waals surface area contributed by atoms with Gasteiger partial charge in [-0.05, 0) is 63.4 Å². The lowest BCUT2D eigenvalue weighted by Crippen LogP contribution is -2.18. The molecule has 2 aromatic carbocycles. The number of phenols is 1. The number of ether oxygens (including phenoxy) is 1. The van der Waals surface area contributed by atoms with Crippen LogP contribution in [-0.2, 0) is 14.8 Å². The number of rotatable bonds is 9. The summed E-state index contributed by atoms with van der Waals surface area (Å²) in [5, 5.41) is 26.0. The zero-order valence-electron chi connectivity index (χ0n) is 17.9. The van der Waals surface area contributed by atoms with Crippen molar-refractivity contribution in [1.82, 2.24) is 14.5 Å². The summed E-state index contributed by atoms with van der Waals surface area (Å²) in [6.45, 7) is 7.45. The third-order valence-corrected chi connectivity index (χ3v) is 6.04. The molecule has 0 amide bonds. The number of hydrogen-bond donors (Lipinski definition) is 3. The minimum atomic E-state index is -3.68. The van der Waals surface area contributed by atoms with Gasteiger partial charge in [0.15, 0.2) is 6.73 Å². The summed E-state index contributed by atoms with van der Waals surface area (Å²) < 4.78 is 33.0. The predicted molar refractivity (Wildman–Crippen MR) is 121 cm³/mol. The number of aromatic hydroxyl groups is 1. The highest BCUT2D eigenvalue weighted by Gasteiger charge is 2.15. The lowest BCUT2D eigenvalue weighted by Gasteiger charge is -2.08. The molecule has 1 aromatic heterocycles. The molecule has 0 atom stereocenters. The second kappa shape index (κ2) is 9.62. The van der Waals surface area contributed by atoms with Crippen molar-refractivity contribution in [2.24, 2.45) is 10.2 Å². The maximum absolute atomic E-state index is 12.0. The Hall–Kier alpha value is -3.70. The molecule has 0 spiro atoms. The molecule has 11 heteroatoms. The van der Waals surface area contributed by atoms with E-state index >= 15 is 0 Å². The van der Waals surface area contributed by atoms with Crippen LogP contribution in [0.25, 0.3) is 5.69 Å². The van der Waals surface area contributed by atoms with Crippen molar-refractivity contribution < 1.29 is 18.3 Å². The number of aryl methyl sites for hydroxylation is 1. The third kappa shape index (κ3) is 4.95. The van der Waals surface area contributed by atoms with Gasteiger partial charge < -0.3 is 15.2 Å². The maximum Gasteiger partial charge on any atom is 0.240 e. The van der Waals surface area contributed by atoms with Crippen LogP contribution in [0, 0.1) is 13.8 Å². The molecule has 3 rings (SSSR count). The Kier molecular flexibility index (Phi) is 6.91. The largest absolute Gasteiger partial charge is 0.506 e. The number of nitrogens with zero attached hydrogens (tertiary/aromatic N) is 4. The normalized spacial score (nSPS) is 11.6. The van der Waals surface area contributed by atoms with Gasteiger partial charge in [0.2, 0.25) is 10.0 Å². The highest BCUT2D eigenvalue weighted by atomic mass is 32.2. The van der Waals surface area contributed by atoms with Gasteiger partial charge in [0.1, 0.15) is 17.1 Å². The van der Waals surface area contributed by atoms with Crippen LogP contribution in [-0.4, -0.2) is 37.1 Å². The Labute approximate surface area is 186 Å². The van der Waals surface area contributed by atoms with Crippen LogP contribution in [0.5, 0.6) is 5.75 Å². The van der Waals surface area contributed by atoms with Crippen molar-refractivity contribution in [3.63, 3.8) is 0 Å². The van der Waals surface area contributed by atoms with Crippen molar-refractivity contribution >= 4 is 27.1 Å². The number of sulfonamides is 1. The SMILES string of the molecule is C=COCNc1ccc(-n2nc(C)c(N=Nc3cc(S(=O)(=O)NC)ccc3O)c2C)cc1. The van der Waals surface area contributed by atoms with Gasteiger partial charge >= 0.3 is 0 Å². The fourth-order valence-corrected chi connectivity index (χ4v) is 3.66. The molecule has 1 heterocycles. The molecule has 168 valence electrons. The molecule has 0 aliphatic carbocycles. The monoisotopic (exact) mass is 456 g/mol. The van der Waals surface area contributed by atoms with Gasteiger partial charge in [-0.3, -0.25) is 0 Å². The molecule has 0 aliphatic heterocycles. The summed E-state index contributed by atoms with van der Waals surface area (Å²) in [6, 6.07) is 11.4. The van der Waals surface area contributed by atoms with Gasteiger partial charge in [0.25, 0.3) is 0 Å². The molecule has 0 bridgehead atoms. The highest BCUT2D eigenvalue weighted by Crippen LogP contribution is 2.33. The Morgan fingerprint density at radius 3 is 2.56 bits per heavy atom. The van der Waals surface area contributed by atoms with Crippen molar-refractivity contribution in [2.45, 2.75) is 18.7 Å². The van der Waals surface area contributed by atoms with Crippen LogP contribution in [0.15, 0.2) is 70.4 Å². The van der Waals surface area contributed by atoms with Gasteiger partial charge in [0.05, 0.1) is 28.2 Å². The number of anilines is 1. The van der Waals surface area contributed by atoms with E-state index < -0.39 is 10.0 Å². The van der Waals surface area contributed by atoms with Gasteiger partial charge in [-0.1, -0.05) is 6.58 Å². The average molecular weight is 457 g/mol. The minimum absolute atomic E-state index is 0.0249. The fourth-order valence-electron chi connectivity index (χ4n) is 2.91. The standard InChI is InChI=1S/C21H24N6O4S/c1-5-31-13-23-16-6-8-17(9-7-16)27-15(3)21(14(2)26-27)25-24-19-12-18(10-11-20(19)28)32(29,30)22-4/h5-12,22-23,28H,1,13H2,2-4H3. The van der Waals surface area contributed by atoms with E-state index in [0.717, 1.165) is 17.1 Å². The first-order valence-corrected chi connectivity index (χ1v) is 11.1. The number of aromatic nitrogens is 2. The van der Waals surface area contributed by atoms with Crippen molar-refractivity contribution in [2.75, 3.05) is 19.1 Å². The van der Waals surface area contributed by atoms with E-state index in [1.807, 2.05) is 31.2 Å². The van der Waals surface area contributed by atoms with E-state index in [-0.39, 0.29) is 16.3 Å². The van der Waals surface area contributed by atoms with Gasteiger partial charge in [-0.2, -0.15) is 5.10 Å². The maximum atomic E-state index is 12.0. The topological polar surface area (TPSA) is 130 Å². The van der Waals surface area contributed by atoms with Crippen molar-refractivity contribution in [3.8, 4) is 11.4 Å². The number of benzene rings is 2. The summed E-state index contributed by atoms with van der Waals surface area (Å²) in [7, 11) is -2.37. The van der Waals surface area contributed by atoms with Crippen LogP contribution in [0.4, 0.5) is 17.1 Å². The van der Waals surface area contributed by atoms with E-state index in [1.165, 1.54) is 31.5 Å². The molecule has 0 aliphatic rings. The van der Waals surface area contributed by atoms with E-state index in [9.17, 15) is 13.5 Å². The van der Waals surface area contributed by atoms with Gasteiger partial charge in [0, 0.05) is 5.69 Å². The summed E-state index contributed by atoms with van der Waals surface area (Å²) in [5.74, 6) is -0.185. The first-order valence-electron chi connectivity index (χ1n) is 9.58. The summed E-state index contributed by atoms with van der Waals surface area (Å²) >= 11 is 0. The van der Waals surface area contributed by atoms with Crippen LogP contribution >= 0.6 is 0 Å². The number of hydrogen-bond acceptors (Lipinski definition) is 8. The Balaban J connectivity index is 1.88. The Morgan fingerprint density at radius 2 is 1.91 bits per heavy atom. The minimum Gasteiger partial charge on any atom is -0.506 e. The van der Waals surface area contributed by atoms with Crippen LogP contribution < -0.4 is 10.0 Å². The first kappa shape index (κ1) is 23.0. The predicted octanol–water partition coefficient (Wildman–Crippen LogP) is 4.05. The molecule has 0 saturated carbocycles. The molecular formula is C21H24N6O4S. The Bertz CT molecular complexity index is 1250. The molecule has 32 heavy (non-hydrogen) atoms. The quantitative estimate of drug-likeness (QED) is 0.193. The first-order chi connectivity index (χ1) is 15.3. The third-order valence-electron chi connectivity index (χ3n) is 4.63. The number of azo groups is 1. The van der Waals surface area contributed by atoms with Gasteiger partial charge in [-0.15, -0.1) is 10.2 Å². The Morgan fingerprint density at radius 1 is 1.19 bits per heavy atom. The molecule has 3 N–H and O–H groups in total. The van der Waals surface area contributed by atoms with E-state index in [1.54, 1.807) is 11.6 Å². The second-order valence-electron chi connectivity index (χ2n) is 6.69. The number of nitrogens with one attached hydrogen (secondary N) is 2. The molecule has 0 saturated heterocycles. The molecule has 3 aromatic rings. The smallest absolute Gasteiger partial charge is 0.240 e. The van der Waals surface area contributed by atoms with Crippen molar-refractivity contribution in [1.29, 1.82) is 0 Å². The zero-order valence-corrected chi connectivity index (χ0v) is 18.7. The lowest BCUT2D eigenvalue weighted by atomic mass is 10.2. The van der Waals surface area contributed by atoms with E-state index in [0.29, 0.717) is 18.1 Å². The molecule has 0 fully saturated rings. The molecule has 10 nitrogen and oxygen atoms in total. The summed E-state index contributed by atoms with van der Waals surface area (Å²) in [5.41, 5.74) is 3.63. The number of phenolic OH excluding ortho intramolecular Hbond substituents is 1. The molecule has 0 radical (unpaired) electrons. The highest BCUT2D eigenvalue weighted by molar-refractivity contribution is 7.89. The average Bonchev–Trinajstić information content (AvgIpc) is 3.07. The van der Waals surface area contributed by atoms with Crippen LogP contribution in [0.2, 0.25) is 0 Å². The van der Waals surface area contributed by atoms with Crippen LogP contribution in [0.1, 0.15) is 11.4 Å².